The number of urea groups is 1. The number of carbonyl (C=O) groups is 1. The Kier molecular flexibility index (Phi) is 4.66. The van der Waals surface area contributed by atoms with Gasteiger partial charge >= 0.3 is 6.03 Å². The Morgan fingerprint density at radius 2 is 2.24 bits per heavy atom. The molecular weight excluding hydrogens is 214 g/mol. The Hall–Kier alpha value is -0.770. The molecule has 0 bridgehead atoms. The van der Waals surface area contributed by atoms with Crippen LogP contribution in [0.4, 0.5) is 4.79 Å². The zero-order valence-electron chi connectivity index (χ0n) is 10.9. The number of fused-ring (bicyclic) bond motifs is 1. The van der Waals surface area contributed by atoms with Crippen LogP contribution in [0.15, 0.2) is 0 Å². The van der Waals surface area contributed by atoms with Gasteiger partial charge in [0.25, 0.3) is 0 Å². The molecule has 2 fully saturated rings. The van der Waals surface area contributed by atoms with E-state index in [-0.39, 0.29) is 6.03 Å². The van der Waals surface area contributed by atoms with Gasteiger partial charge in [-0.05, 0) is 38.6 Å². The number of amides is 2. The van der Waals surface area contributed by atoms with E-state index in [9.17, 15) is 4.79 Å². The highest BCUT2D eigenvalue weighted by Crippen LogP contribution is 2.26. The molecule has 2 saturated heterocycles. The first-order valence-electron chi connectivity index (χ1n) is 7.08. The van der Waals surface area contributed by atoms with E-state index in [0.29, 0.717) is 6.04 Å². The lowest BCUT2D eigenvalue weighted by Crippen LogP contribution is -2.50. The van der Waals surface area contributed by atoms with E-state index in [1.54, 1.807) is 0 Å². The van der Waals surface area contributed by atoms with Crippen molar-refractivity contribution in [2.75, 3.05) is 19.6 Å². The highest BCUT2D eigenvalue weighted by Gasteiger charge is 2.32. The molecule has 4 nitrogen and oxygen atoms in total. The molecule has 0 radical (unpaired) electrons. The van der Waals surface area contributed by atoms with E-state index in [1.165, 1.54) is 19.4 Å². The second-order valence-corrected chi connectivity index (χ2v) is 5.31. The van der Waals surface area contributed by atoms with Crippen LogP contribution >= 0.6 is 0 Å². The summed E-state index contributed by atoms with van der Waals surface area (Å²) in [6, 6.07) is 1.13. The van der Waals surface area contributed by atoms with Crippen molar-refractivity contribution < 1.29 is 4.79 Å². The summed E-state index contributed by atoms with van der Waals surface area (Å²) >= 11 is 0. The van der Waals surface area contributed by atoms with Gasteiger partial charge in [-0.3, -0.25) is 0 Å². The third-order valence-corrected chi connectivity index (χ3v) is 3.97. The van der Waals surface area contributed by atoms with Crippen LogP contribution in [0.5, 0.6) is 0 Å². The van der Waals surface area contributed by atoms with E-state index in [0.717, 1.165) is 44.8 Å². The van der Waals surface area contributed by atoms with Crippen molar-refractivity contribution in [2.45, 2.75) is 57.5 Å². The summed E-state index contributed by atoms with van der Waals surface area (Å²) < 4.78 is 0. The molecule has 0 aromatic rings. The summed E-state index contributed by atoms with van der Waals surface area (Å²) in [5, 5.41) is 6.04. The number of nitrogens with zero attached hydrogens (tertiary/aromatic N) is 1. The van der Waals surface area contributed by atoms with E-state index in [1.807, 2.05) is 0 Å². The van der Waals surface area contributed by atoms with Gasteiger partial charge in [-0.25, -0.2) is 4.79 Å². The molecule has 4 heteroatoms. The first-order valence-corrected chi connectivity index (χ1v) is 7.08. The van der Waals surface area contributed by atoms with Gasteiger partial charge in [-0.1, -0.05) is 13.3 Å². The summed E-state index contributed by atoms with van der Waals surface area (Å²) in [6.45, 7) is 5.35. The van der Waals surface area contributed by atoms with E-state index < -0.39 is 0 Å². The number of piperidine rings is 1. The maximum atomic E-state index is 11.6. The fraction of sp³-hybridized carbons (Fsp3) is 0.923. The Balaban J connectivity index is 1.67. The zero-order chi connectivity index (χ0) is 12.1. The fourth-order valence-corrected chi connectivity index (χ4v) is 2.97. The SMILES string of the molecule is CCCCNC(=O)NC1CCN2CCCC2C1. The highest BCUT2D eigenvalue weighted by atomic mass is 16.2. The number of nitrogens with one attached hydrogen (secondary N) is 2. The van der Waals surface area contributed by atoms with Gasteiger partial charge in [0.15, 0.2) is 0 Å². The van der Waals surface area contributed by atoms with Crippen LogP contribution in [0.2, 0.25) is 0 Å². The molecular formula is C13H25N3O. The molecule has 2 atom stereocenters. The van der Waals surface area contributed by atoms with Gasteiger partial charge in [-0.2, -0.15) is 0 Å². The Bertz CT molecular complexity index is 257. The number of unbranched alkanes of at least 4 members (excludes halogenated alkanes) is 1. The van der Waals surface area contributed by atoms with Gasteiger partial charge < -0.3 is 15.5 Å². The molecule has 2 N–H and O–H groups in total. The minimum absolute atomic E-state index is 0.0231. The fourth-order valence-electron chi connectivity index (χ4n) is 2.97. The molecule has 17 heavy (non-hydrogen) atoms. The molecule has 2 aliphatic rings. The Morgan fingerprint density at radius 1 is 1.35 bits per heavy atom. The minimum atomic E-state index is 0.0231. The maximum Gasteiger partial charge on any atom is 0.315 e. The topological polar surface area (TPSA) is 44.4 Å². The van der Waals surface area contributed by atoms with Crippen molar-refractivity contribution in [3.8, 4) is 0 Å². The van der Waals surface area contributed by atoms with Crippen molar-refractivity contribution >= 4 is 6.03 Å². The molecule has 98 valence electrons. The van der Waals surface area contributed by atoms with Crippen molar-refractivity contribution in [2.24, 2.45) is 0 Å². The predicted molar refractivity (Wildman–Crippen MR) is 69.1 cm³/mol. The minimum Gasteiger partial charge on any atom is -0.338 e. The smallest absolute Gasteiger partial charge is 0.315 e. The molecule has 0 aromatic heterocycles. The van der Waals surface area contributed by atoms with Crippen LogP contribution in [-0.2, 0) is 0 Å². The second kappa shape index (κ2) is 6.24. The lowest BCUT2D eigenvalue weighted by atomic mass is 9.98. The van der Waals surface area contributed by atoms with E-state index >= 15 is 0 Å². The summed E-state index contributed by atoms with van der Waals surface area (Å²) in [5.41, 5.74) is 0. The molecule has 0 spiro atoms. The number of hydrogen-bond acceptors (Lipinski definition) is 2. The van der Waals surface area contributed by atoms with Crippen molar-refractivity contribution in [1.29, 1.82) is 0 Å². The van der Waals surface area contributed by atoms with Gasteiger partial charge in [0.2, 0.25) is 0 Å². The molecule has 0 aliphatic carbocycles. The average Bonchev–Trinajstić information content (AvgIpc) is 2.76. The highest BCUT2D eigenvalue weighted by molar-refractivity contribution is 5.74. The Labute approximate surface area is 104 Å². The molecule has 2 unspecified atom stereocenters. The number of rotatable bonds is 4. The number of hydrogen-bond donors (Lipinski definition) is 2. The van der Waals surface area contributed by atoms with E-state index in [4.69, 9.17) is 0 Å². The molecule has 2 amide bonds. The van der Waals surface area contributed by atoms with Gasteiger partial charge in [-0.15, -0.1) is 0 Å². The summed E-state index contributed by atoms with van der Waals surface area (Å²) in [5.74, 6) is 0. The first kappa shape index (κ1) is 12.7. The van der Waals surface area contributed by atoms with Crippen molar-refractivity contribution in [3.05, 3.63) is 0 Å². The molecule has 2 aliphatic heterocycles. The van der Waals surface area contributed by atoms with Gasteiger partial charge in [0.05, 0.1) is 0 Å². The lowest BCUT2D eigenvalue weighted by molar-refractivity contribution is 0.166. The van der Waals surface area contributed by atoms with Crippen LogP contribution in [-0.4, -0.2) is 42.6 Å². The standard InChI is InChI=1S/C13H25N3O/c1-2-3-7-14-13(17)15-11-6-9-16-8-4-5-12(16)10-11/h11-12H,2-10H2,1H3,(H2,14,15,17). The number of carbonyl (C=O) groups excluding carboxylic acids is 1. The molecule has 2 heterocycles. The first-order chi connectivity index (χ1) is 8.29. The van der Waals surface area contributed by atoms with Crippen LogP contribution in [0, 0.1) is 0 Å². The van der Waals surface area contributed by atoms with Crippen LogP contribution in [0.1, 0.15) is 45.4 Å². The largest absolute Gasteiger partial charge is 0.338 e. The van der Waals surface area contributed by atoms with E-state index in [2.05, 4.69) is 22.5 Å². The summed E-state index contributed by atoms with van der Waals surface area (Å²) in [4.78, 5) is 14.2. The predicted octanol–water partition coefficient (Wildman–Crippen LogP) is 1.71. The molecule has 0 aromatic carbocycles. The van der Waals surface area contributed by atoms with Crippen molar-refractivity contribution in [3.63, 3.8) is 0 Å². The monoisotopic (exact) mass is 239 g/mol. The summed E-state index contributed by atoms with van der Waals surface area (Å²) in [7, 11) is 0. The molecule has 2 rings (SSSR count). The zero-order valence-corrected chi connectivity index (χ0v) is 10.9. The average molecular weight is 239 g/mol. The van der Waals surface area contributed by atoms with Crippen molar-refractivity contribution in [1.82, 2.24) is 15.5 Å². The maximum absolute atomic E-state index is 11.6. The summed E-state index contributed by atoms with van der Waals surface area (Å²) in [6.07, 6.45) is 7.09. The third kappa shape index (κ3) is 3.60. The lowest BCUT2D eigenvalue weighted by Gasteiger charge is -2.35. The van der Waals surface area contributed by atoms with Gasteiger partial charge in [0.1, 0.15) is 0 Å². The van der Waals surface area contributed by atoms with Crippen LogP contribution in [0.25, 0.3) is 0 Å². The Morgan fingerprint density at radius 3 is 3.06 bits per heavy atom. The second-order valence-electron chi connectivity index (χ2n) is 5.31. The van der Waals surface area contributed by atoms with Gasteiger partial charge in [0, 0.05) is 25.2 Å². The normalized spacial score (nSPS) is 28.8. The van der Waals surface area contributed by atoms with Crippen LogP contribution in [0.3, 0.4) is 0 Å². The quantitative estimate of drug-likeness (QED) is 0.734. The van der Waals surface area contributed by atoms with Crippen LogP contribution < -0.4 is 10.6 Å². The third-order valence-electron chi connectivity index (χ3n) is 3.97. The molecule has 0 saturated carbocycles.